The Morgan fingerprint density at radius 2 is 1.96 bits per heavy atom. The highest BCUT2D eigenvalue weighted by Crippen LogP contribution is 2.42. The monoisotopic (exact) mass is 343 g/mol. The lowest BCUT2D eigenvalue weighted by atomic mass is 10.1. The van der Waals surface area contributed by atoms with Gasteiger partial charge >= 0.3 is 0 Å². The maximum Gasteiger partial charge on any atom is 0.265 e. The summed E-state index contributed by atoms with van der Waals surface area (Å²) in [5, 5.41) is 5.60. The first-order valence-electron chi connectivity index (χ1n) is 7.97. The van der Waals surface area contributed by atoms with Gasteiger partial charge in [-0.3, -0.25) is 4.31 Å². The molecule has 0 saturated carbocycles. The molecule has 3 aromatic rings. The Labute approximate surface area is 140 Å². The highest BCUT2D eigenvalue weighted by Gasteiger charge is 2.36. The molecule has 0 aliphatic carbocycles. The first-order chi connectivity index (χ1) is 11.6. The molecule has 7 heteroatoms. The Morgan fingerprint density at radius 3 is 2.75 bits per heavy atom. The van der Waals surface area contributed by atoms with E-state index in [4.69, 9.17) is 4.52 Å². The minimum absolute atomic E-state index is 0.0508. The van der Waals surface area contributed by atoms with Gasteiger partial charge in [0.2, 0.25) is 5.89 Å². The van der Waals surface area contributed by atoms with Crippen molar-refractivity contribution in [1.82, 2.24) is 10.1 Å². The van der Waals surface area contributed by atoms with E-state index < -0.39 is 10.0 Å². The molecule has 0 bridgehead atoms. The van der Waals surface area contributed by atoms with Gasteiger partial charge in [0.25, 0.3) is 10.0 Å². The Kier molecular flexibility index (Phi) is 3.53. The number of hydrogen-bond acceptors (Lipinski definition) is 5. The second-order valence-electron chi connectivity index (χ2n) is 5.85. The number of anilines is 1. The summed E-state index contributed by atoms with van der Waals surface area (Å²) in [7, 11) is -3.60. The van der Waals surface area contributed by atoms with Crippen LogP contribution in [0.1, 0.15) is 31.5 Å². The summed E-state index contributed by atoms with van der Waals surface area (Å²) in [6, 6.07) is 10.9. The SMILES string of the molecule is CCCCc1noc(CN2c3cccc4cccc(c34)S2(=O)=O)n1. The number of aryl methyl sites for hydroxylation is 1. The lowest BCUT2D eigenvalue weighted by Gasteiger charge is -2.16. The van der Waals surface area contributed by atoms with Gasteiger partial charge in [0.05, 0.1) is 10.6 Å². The van der Waals surface area contributed by atoms with Crippen molar-refractivity contribution >= 4 is 26.5 Å². The average Bonchev–Trinajstić information content (AvgIpc) is 3.11. The standard InChI is InChI=1S/C17H17N3O3S/c1-2-3-10-15-18-16(23-19-15)11-20-13-8-4-6-12-7-5-9-14(17(12)13)24(20,21)22/h4-9H,2-3,10-11H2,1H3. The molecule has 124 valence electrons. The average molecular weight is 343 g/mol. The molecule has 0 N–H and O–H groups in total. The molecule has 24 heavy (non-hydrogen) atoms. The molecule has 0 unspecified atom stereocenters. The fraction of sp³-hybridized carbons (Fsp3) is 0.294. The van der Waals surface area contributed by atoms with Crippen LogP contribution in [0, 0.1) is 0 Å². The van der Waals surface area contributed by atoms with Crippen LogP contribution in [0.3, 0.4) is 0 Å². The van der Waals surface area contributed by atoms with Crippen molar-refractivity contribution in [2.24, 2.45) is 0 Å². The molecular weight excluding hydrogens is 326 g/mol. The van der Waals surface area contributed by atoms with Gasteiger partial charge in [-0.05, 0) is 23.9 Å². The van der Waals surface area contributed by atoms with Crippen LogP contribution in [0.5, 0.6) is 0 Å². The largest absolute Gasteiger partial charge is 0.337 e. The van der Waals surface area contributed by atoms with Crippen molar-refractivity contribution in [3.8, 4) is 0 Å². The van der Waals surface area contributed by atoms with Gasteiger partial charge in [-0.1, -0.05) is 42.8 Å². The van der Waals surface area contributed by atoms with Crippen molar-refractivity contribution < 1.29 is 12.9 Å². The number of unbranched alkanes of at least 4 members (excludes halogenated alkanes) is 1. The summed E-state index contributed by atoms with van der Waals surface area (Å²) in [6.07, 6.45) is 2.76. The van der Waals surface area contributed by atoms with E-state index in [1.165, 1.54) is 4.31 Å². The van der Waals surface area contributed by atoms with E-state index in [0.717, 1.165) is 30.0 Å². The third-order valence-electron chi connectivity index (χ3n) is 4.22. The molecule has 2 aromatic carbocycles. The van der Waals surface area contributed by atoms with Crippen molar-refractivity contribution in [3.63, 3.8) is 0 Å². The molecule has 0 radical (unpaired) electrons. The van der Waals surface area contributed by atoms with Gasteiger partial charge in [-0.2, -0.15) is 4.98 Å². The molecule has 6 nitrogen and oxygen atoms in total. The molecule has 2 heterocycles. The lowest BCUT2D eigenvalue weighted by Crippen LogP contribution is -2.26. The number of rotatable bonds is 5. The third-order valence-corrected chi connectivity index (χ3v) is 6.03. The van der Waals surface area contributed by atoms with Crippen LogP contribution in [-0.2, 0) is 23.0 Å². The highest BCUT2D eigenvalue weighted by molar-refractivity contribution is 7.93. The number of hydrogen-bond donors (Lipinski definition) is 0. The van der Waals surface area contributed by atoms with Gasteiger partial charge in [-0.25, -0.2) is 8.42 Å². The Bertz CT molecular complexity index is 1010. The van der Waals surface area contributed by atoms with E-state index in [9.17, 15) is 8.42 Å². The molecule has 1 aliphatic rings. The molecule has 0 spiro atoms. The van der Waals surface area contributed by atoms with Gasteiger partial charge in [-0.15, -0.1) is 0 Å². The molecule has 0 fully saturated rings. The van der Waals surface area contributed by atoms with Crippen molar-refractivity contribution in [1.29, 1.82) is 0 Å². The summed E-state index contributed by atoms with van der Waals surface area (Å²) in [5.74, 6) is 0.939. The van der Waals surface area contributed by atoms with Crippen LogP contribution >= 0.6 is 0 Å². The van der Waals surface area contributed by atoms with E-state index in [0.29, 0.717) is 22.3 Å². The van der Waals surface area contributed by atoms with Crippen LogP contribution in [0.2, 0.25) is 0 Å². The molecule has 1 aliphatic heterocycles. The van der Waals surface area contributed by atoms with Crippen LogP contribution in [0.15, 0.2) is 45.8 Å². The minimum Gasteiger partial charge on any atom is -0.337 e. The molecule has 4 rings (SSSR count). The zero-order valence-corrected chi connectivity index (χ0v) is 14.1. The second-order valence-corrected chi connectivity index (χ2v) is 7.68. The number of sulfonamides is 1. The Balaban J connectivity index is 1.72. The van der Waals surface area contributed by atoms with E-state index in [-0.39, 0.29) is 6.54 Å². The van der Waals surface area contributed by atoms with Gasteiger partial charge in [0, 0.05) is 11.8 Å². The summed E-state index contributed by atoms with van der Waals surface area (Å²) in [4.78, 5) is 4.65. The Morgan fingerprint density at radius 1 is 1.17 bits per heavy atom. The second kappa shape index (κ2) is 5.59. The normalized spacial score (nSPS) is 15.3. The summed E-state index contributed by atoms with van der Waals surface area (Å²) in [6.45, 7) is 2.14. The lowest BCUT2D eigenvalue weighted by molar-refractivity contribution is 0.374. The number of benzene rings is 2. The highest BCUT2D eigenvalue weighted by atomic mass is 32.2. The smallest absolute Gasteiger partial charge is 0.265 e. The molecule has 0 atom stereocenters. The van der Waals surface area contributed by atoms with Crippen LogP contribution in [0.4, 0.5) is 5.69 Å². The predicted octanol–water partition coefficient (Wildman–Crippen LogP) is 3.27. The maximum absolute atomic E-state index is 12.9. The van der Waals surface area contributed by atoms with Crippen LogP contribution in [-0.4, -0.2) is 18.6 Å². The predicted molar refractivity (Wildman–Crippen MR) is 90.2 cm³/mol. The number of aromatic nitrogens is 2. The van der Waals surface area contributed by atoms with E-state index in [1.807, 2.05) is 24.3 Å². The van der Waals surface area contributed by atoms with Crippen LogP contribution in [0.25, 0.3) is 10.8 Å². The molecule has 0 amide bonds. The number of nitrogens with zero attached hydrogens (tertiary/aromatic N) is 3. The fourth-order valence-electron chi connectivity index (χ4n) is 3.04. The van der Waals surface area contributed by atoms with Crippen molar-refractivity contribution in [3.05, 3.63) is 48.1 Å². The summed E-state index contributed by atoms with van der Waals surface area (Å²) < 4.78 is 32.4. The molecule has 1 aromatic heterocycles. The zero-order chi connectivity index (χ0) is 16.7. The van der Waals surface area contributed by atoms with Gasteiger partial charge < -0.3 is 4.52 Å². The summed E-state index contributed by atoms with van der Waals surface area (Å²) in [5.41, 5.74) is 0.663. The van der Waals surface area contributed by atoms with Gasteiger partial charge in [0.15, 0.2) is 5.82 Å². The first kappa shape index (κ1) is 15.1. The maximum atomic E-state index is 12.9. The first-order valence-corrected chi connectivity index (χ1v) is 9.41. The van der Waals surface area contributed by atoms with E-state index in [1.54, 1.807) is 12.1 Å². The topological polar surface area (TPSA) is 76.3 Å². The zero-order valence-electron chi connectivity index (χ0n) is 13.3. The minimum atomic E-state index is -3.60. The van der Waals surface area contributed by atoms with E-state index in [2.05, 4.69) is 17.1 Å². The van der Waals surface area contributed by atoms with Crippen molar-refractivity contribution in [2.45, 2.75) is 37.6 Å². The van der Waals surface area contributed by atoms with Crippen molar-refractivity contribution in [2.75, 3.05) is 4.31 Å². The van der Waals surface area contributed by atoms with Gasteiger partial charge in [0.1, 0.15) is 6.54 Å². The molecule has 0 saturated heterocycles. The molecular formula is C17H17N3O3S. The third kappa shape index (κ3) is 2.27. The van der Waals surface area contributed by atoms with E-state index >= 15 is 0 Å². The quantitative estimate of drug-likeness (QED) is 0.710. The fourth-order valence-corrected chi connectivity index (χ4v) is 4.70. The Hall–Kier alpha value is -2.41. The summed E-state index contributed by atoms with van der Waals surface area (Å²) >= 11 is 0. The van der Waals surface area contributed by atoms with Crippen LogP contribution < -0.4 is 4.31 Å².